The summed E-state index contributed by atoms with van der Waals surface area (Å²) in [5.41, 5.74) is 15.4. The molecule has 0 spiro atoms. The lowest BCUT2D eigenvalue weighted by atomic mass is 9.58. The smallest absolute Gasteiger partial charge is 0.294 e. The van der Waals surface area contributed by atoms with Crippen LogP contribution in [-0.4, -0.2) is 4.57 Å². The van der Waals surface area contributed by atoms with Crippen LogP contribution in [0.1, 0.15) is 139 Å². The highest BCUT2D eigenvalue weighted by molar-refractivity contribution is 6.11. The number of rotatable bonds is 13. The molecule has 7 aromatic rings. The zero-order valence-electron chi connectivity index (χ0n) is 36.9. The molecule has 1 aliphatic heterocycles. The van der Waals surface area contributed by atoms with Gasteiger partial charge in [0.15, 0.2) is 11.7 Å². The van der Waals surface area contributed by atoms with Crippen LogP contribution in [0.3, 0.4) is 0 Å². The van der Waals surface area contributed by atoms with E-state index in [4.69, 9.17) is 4.42 Å². The Bertz CT molecular complexity index is 2590. The fourth-order valence-electron chi connectivity index (χ4n) is 10.9. The summed E-state index contributed by atoms with van der Waals surface area (Å²) in [5, 5.41) is 2.46. The van der Waals surface area contributed by atoms with E-state index in [-0.39, 0.29) is 11.0 Å². The van der Waals surface area contributed by atoms with Crippen molar-refractivity contribution < 1.29 is 13.6 Å². The number of furan rings is 1. The van der Waals surface area contributed by atoms with Crippen molar-refractivity contribution in [1.82, 2.24) is 4.57 Å². The van der Waals surface area contributed by atoms with Gasteiger partial charge in [0.2, 0.25) is 5.69 Å². The van der Waals surface area contributed by atoms with Crippen LogP contribution in [0.5, 0.6) is 0 Å². The maximum absolute atomic E-state index is 7.06. The molecule has 0 saturated carbocycles. The fraction of sp³-hybridized carbons (Fsp3) is 0.407. The number of nitrogens with zero attached hydrogens (tertiary/aromatic N) is 3. The Labute approximate surface area is 347 Å². The van der Waals surface area contributed by atoms with Gasteiger partial charge < -0.3 is 4.42 Å². The van der Waals surface area contributed by atoms with Crippen LogP contribution in [0.4, 0.5) is 0 Å². The molecule has 0 radical (unpaired) electrons. The zero-order valence-corrected chi connectivity index (χ0v) is 36.9. The summed E-state index contributed by atoms with van der Waals surface area (Å²) in [7, 11) is 2.20. The second kappa shape index (κ2) is 15.7. The molecule has 0 bridgehead atoms. The van der Waals surface area contributed by atoms with E-state index < -0.39 is 0 Å². The highest BCUT2D eigenvalue weighted by atomic mass is 16.3. The van der Waals surface area contributed by atoms with Crippen molar-refractivity contribution in [2.24, 2.45) is 7.05 Å². The van der Waals surface area contributed by atoms with E-state index >= 15 is 0 Å². The van der Waals surface area contributed by atoms with Gasteiger partial charge in [0.1, 0.15) is 29.2 Å². The predicted octanol–water partition coefficient (Wildman–Crippen LogP) is 13.5. The molecule has 300 valence electrons. The first-order valence-corrected chi connectivity index (χ1v) is 22.3. The minimum Gasteiger partial charge on any atom is -0.455 e. The molecule has 4 heteroatoms. The minimum absolute atomic E-state index is 0.112. The molecule has 3 aromatic heterocycles. The average molecular weight is 772 g/mol. The maximum atomic E-state index is 7.06. The summed E-state index contributed by atoms with van der Waals surface area (Å²) in [6, 6.07) is 32.3. The molecule has 1 aliphatic rings. The van der Waals surface area contributed by atoms with Crippen molar-refractivity contribution in [1.29, 1.82) is 0 Å². The number of hydrogen-bond acceptors (Lipinski definition) is 1. The van der Waals surface area contributed by atoms with Crippen LogP contribution in [-0.2, 0) is 30.8 Å². The Kier molecular flexibility index (Phi) is 10.8. The van der Waals surface area contributed by atoms with E-state index in [9.17, 15) is 0 Å². The molecule has 8 rings (SSSR count). The van der Waals surface area contributed by atoms with Gasteiger partial charge >= 0.3 is 0 Å². The quantitative estimate of drug-likeness (QED) is 0.107. The number of hydrogen-bond donors (Lipinski definition) is 0. The van der Waals surface area contributed by atoms with Gasteiger partial charge in [-0.15, -0.1) is 0 Å². The van der Waals surface area contributed by atoms with Crippen molar-refractivity contribution in [3.8, 4) is 28.3 Å². The monoisotopic (exact) mass is 772 g/mol. The van der Waals surface area contributed by atoms with Gasteiger partial charge in [0.05, 0.1) is 23.6 Å². The summed E-state index contributed by atoms with van der Waals surface area (Å²) in [6.07, 6.45) is 15.6. The van der Waals surface area contributed by atoms with Crippen LogP contribution in [0, 0.1) is 6.92 Å². The van der Waals surface area contributed by atoms with E-state index in [1.165, 1.54) is 85.3 Å². The summed E-state index contributed by atoms with van der Waals surface area (Å²) >= 11 is 0. The molecule has 0 N–H and O–H groups in total. The maximum Gasteiger partial charge on any atom is 0.294 e. The summed E-state index contributed by atoms with van der Waals surface area (Å²) in [4.78, 5) is 0. The van der Waals surface area contributed by atoms with E-state index in [1.54, 1.807) is 0 Å². The number of fused-ring (bicyclic) bond motifs is 7. The van der Waals surface area contributed by atoms with Crippen LogP contribution in [0.25, 0.3) is 50.3 Å². The van der Waals surface area contributed by atoms with Crippen LogP contribution >= 0.6 is 0 Å². The lowest BCUT2D eigenvalue weighted by molar-refractivity contribution is -0.770. The second-order valence-corrected chi connectivity index (χ2v) is 18.0. The molecule has 2 unspecified atom stereocenters. The zero-order chi connectivity index (χ0) is 40.9. The number of para-hydroxylation sites is 1. The highest BCUT2D eigenvalue weighted by Gasteiger charge is 2.59. The molecule has 4 aromatic carbocycles. The predicted molar refractivity (Wildman–Crippen MR) is 242 cm³/mol. The topological polar surface area (TPSA) is 25.8 Å². The second-order valence-electron chi connectivity index (χ2n) is 18.0. The Balaban J connectivity index is 1.20. The lowest BCUT2D eigenvalue weighted by Crippen LogP contribution is -2.69. The molecule has 2 atom stereocenters. The van der Waals surface area contributed by atoms with Gasteiger partial charge in [-0.1, -0.05) is 116 Å². The SMILES string of the molecule is CCCCc1ccc2c(oc3c4c(ccc32)C(C)(CC)C(CC)(CCCc2ccccc2-c2n(-c3c(C(C)C)cccc3C(C)C)cc[n+]2C)[n+]2ccccc2-4)c1C. The first-order chi connectivity index (χ1) is 28.0. The Hall–Kier alpha value is -4.96. The summed E-state index contributed by atoms with van der Waals surface area (Å²) in [6.45, 7) is 21.2. The van der Waals surface area contributed by atoms with Gasteiger partial charge in [-0.2, -0.15) is 9.13 Å². The van der Waals surface area contributed by atoms with Crippen molar-refractivity contribution in [3.05, 3.63) is 137 Å². The molecule has 4 nitrogen and oxygen atoms in total. The van der Waals surface area contributed by atoms with Crippen molar-refractivity contribution in [3.63, 3.8) is 0 Å². The van der Waals surface area contributed by atoms with Crippen molar-refractivity contribution >= 4 is 21.9 Å². The molecule has 0 saturated heterocycles. The van der Waals surface area contributed by atoms with Gasteiger partial charge in [-0.3, -0.25) is 0 Å². The molecular weight excluding hydrogens is 707 g/mol. The lowest BCUT2D eigenvalue weighted by Gasteiger charge is -2.48. The van der Waals surface area contributed by atoms with Gasteiger partial charge in [0, 0.05) is 46.9 Å². The molecule has 0 fully saturated rings. The van der Waals surface area contributed by atoms with Crippen molar-refractivity contribution in [2.45, 2.75) is 136 Å². The molecular formula is C54H65N3O+2. The van der Waals surface area contributed by atoms with Gasteiger partial charge in [0.25, 0.3) is 5.82 Å². The van der Waals surface area contributed by atoms with Gasteiger partial charge in [-0.25, -0.2) is 4.57 Å². The Morgan fingerprint density at radius 3 is 2.10 bits per heavy atom. The number of aromatic nitrogens is 3. The largest absolute Gasteiger partial charge is 0.455 e. The van der Waals surface area contributed by atoms with E-state index in [0.29, 0.717) is 11.8 Å². The third-order valence-electron chi connectivity index (χ3n) is 14.3. The number of unbranched alkanes of at least 4 members (excludes halogenated alkanes) is 1. The van der Waals surface area contributed by atoms with E-state index in [0.717, 1.165) is 49.7 Å². The number of imidazole rings is 1. The standard InChI is InChI=1S/C54H65N3O/c1-11-14-21-39-28-29-44-45-30-31-46-48(51(45)58-50(44)38(39)8)47-27-17-18-33-57(47)54(13-3,53(46,9)12-2)32-20-23-40-22-15-16-24-43(40)52-55(10)34-35-56(52)49-41(36(4)5)25-19-26-42(49)37(6)7/h15-19,22,24-31,33-37H,11-14,20-21,23,32H2,1-10H3/q+2. The third-order valence-corrected chi connectivity index (χ3v) is 14.3. The number of aryl methyl sites for hydroxylation is 4. The number of pyridine rings is 1. The van der Waals surface area contributed by atoms with E-state index in [1.807, 2.05) is 0 Å². The molecule has 4 heterocycles. The molecule has 0 aliphatic carbocycles. The number of benzene rings is 4. The van der Waals surface area contributed by atoms with Crippen LogP contribution in [0.15, 0.2) is 108 Å². The summed E-state index contributed by atoms with van der Waals surface area (Å²) < 4.78 is 14.5. The highest BCUT2D eigenvalue weighted by Crippen LogP contribution is 2.54. The van der Waals surface area contributed by atoms with Crippen LogP contribution < -0.4 is 9.13 Å². The molecule has 58 heavy (non-hydrogen) atoms. The first kappa shape index (κ1) is 39.8. The third kappa shape index (κ3) is 6.16. The fourth-order valence-corrected chi connectivity index (χ4v) is 10.9. The van der Waals surface area contributed by atoms with Crippen molar-refractivity contribution in [2.75, 3.05) is 0 Å². The van der Waals surface area contributed by atoms with Crippen LogP contribution in [0.2, 0.25) is 0 Å². The minimum atomic E-state index is -0.115. The van der Waals surface area contributed by atoms with E-state index in [2.05, 4.69) is 187 Å². The normalized spacial score (nSPS) is 17.8. The summed E-state index contributed by atoms with van der Waals surface area (Å²) in [5.74, 6) is 2.07. The Morgan fingerprint density at radius 2 is 1.40 bits per heavy atom. The Morgan fingerprint density at radius 1 is 0.707 bits per heavy atom. The molecule has 0 amide bonds. The first-order valence-electron chi connectivity index (χ1n) is 22.3. The average Bonchev–Trinajstić information content (AvgIpc) is 3.82. The van der Waals surface area contributed by atoms with Gasteiger partial charge in [-0.05, 0) is 92.2 Å².